The molecule has 0 N–H and O–H groups in total. The monoisotopic (exact) mass is 553 g/mol. The zero-order chi connectivity index (χ0) is 25.7. The Morgan fingerprint density at radius 1 is 1.03 bits per heavy atom. The molecule has 3 aromatic carbocycles. The van der Waals surface area contributed by atoms with Gasteiger partial charge in [-0.2, -0.15) is 0 Å². The van der Waals surface area contributed by atoms with E-state index in [-0.39, 0.29) is 30.6 Å². The summed E-state index contributed by atoms with van der Waals surface area (Å²) in [4.78, 5) is 26.5. The van der Waals surface area contributed by atoms with Crippen LogP contribution in [0.25, 0.3) is 0 Å². The van der Waals surface area contributed by atoms with E-state index in [2.05, 4.69) is 15.9 Å². The van der Waals surface area contributed by atoms with Crippen LogP contribution in [0, 0.1) is 0 Å². The third-order valence-electron chi connectivity index (χ3n) is 5.99. The lowest BCUT2D eigenvalue weighted by Gasteiger charge is -2.22. The summed E-state index contributed by atoms with van der Waals surface area (Å²) in [5, 5.41) is 0. The molecule has 0 saturated carbocycles. The molecule has 0 aliphatic carbocycles. The lowest BCUT2D eigenvalue weighted by molar-refractivity contribution is -0.142. The Labute approximate surface area is 219 Å². The van der Waals surface area contributed by atoms with Crippen LogP contribution in [0.2, 0.25) is 0 Å². The molecule has 188 valence electrons. The van der Waals surface area contributed by atoms with Gasteiger partial charge in [-0.15, -0.1) is 0 Å². The van der Waals surface area contributed by atoms with Crippen molar-refractivity contribution in [2.24, 2.45) is 0 Å². The van der Waals surface area contributed by atoms with Crippen molar-refractivity contribution in [1.29, 1.82) is 0 Å². The first-order valence-corrected chi connectivity index (χ1v) is 12.5. The Hall–Kier alpha value is -3.52. The predicted molar refractivity (Wildman–Crippen MR) is 138 cm³/mol. The first-order chi connectivity index (χ1) is 17.4. The van der Waals surface area contributed by atoms with E-state index in [0.717, 1.165) is 21.2 Å². The van der Waals surface area contributed by atoms with Crippen molar-refractivity contribution >= 4 is 28.0 Å². The van der Waals surface area contributed by atoms with Gasteiger partial charge in [0.2, 0.25) is 0 Å². The largest absolute Gasteiger partial charge is 0.493 e. The fraction of sp³-hybridized carbons (Fsp3) is 0.286. The summed E-state index contributed by atoms with van der Waals surface area (Å²) in [6.45, 7) is 4.36. The lowest BCUT2D eigenvalue weighted by Crippen LogP contribution is -2.31. The number of hydrogen-bond acceptors (Lipinski definition) is 6. The number of carbonyl (C=O) groups excluding carboxylic acids is 2. The van der Waals surface area contributed by atoms with Gasteiger partial charge in [0, 0.05) is 10.0 Å². The number of hydrogen-bond donors (Lipinski definition) is 0. The van der Waals surface area contributed by atoms with Gasteiger partial charge in [-0.05, 0) is 55.3 Å². The molecule has 0 unspecified atom stereocenters. The molecule has 1 heterocycles. The van der Waals surface area contributed by atoms with Gasteiger partial charge < -0.3 is 18.9 Å². The van der Waals surface area contributed by atoms with Crippen molar-refractivity contribution in [1.82, 2.24) is 4.90 Å². The first-order valence-electron chi connectivity index (χ1n) is 11.7. The molecule has 1 aliphatic rings. The fourth-order valence-corrected chi connectivity index (χ4v) is 4.57. The predicted octanol–water partition coefficient (Wildman–Crippen LogP) is 6.44. The van der Waals surface area contributed by atoms with Gasteiger partial charge in [-0.3, -0.25) is 9.69 Å². The number of rotatable bonds is 9. The number of carbonyl (C=O) groups is 2. The summed E-state index contributed by atoms with van der Waals surface area (Å²) < 4.78 is 23.4. The van der Waals surface area contributed by atoms with Gasteiger partial charge >= 0.3 is 12.1 Å². The van der Waals surface area contributed by atoms with Crippen LogP contribution < -0.4 is 9.47 Å². The van der Waals surface area contributed by atoms with Crippen molar-refractivity contribution in [3.05, 3.63) is 87.9 Å². The maximum atomic E-state index is 12.8. The minimum Gasteiger partial charge on any atom is -0.493 e. The molecule has 4 rings (SSSR count). The second-order valence-electron chi connectivity index (χ2n) is 8.40. The molecule has 36 heavy (non-hydrogen) atoms. The molecule has 7 nitrogen and oxygen atoms in total. The summed E-state index contributed by atoms with van der Waals surface area (Å²) in [7, 11) is 1.56. The van der Waals surface area contributed by atoms with E-state index in [9.17, 15) is 9.59 Å². The van der Waals surface area contributed by atoms with Crippen LogP contribution in [-0.2, 0) is 27.2 Å². The number of benzene rings is 3. The molecule has 0 aromatic heterocycles. The Balaban J connectivity index is 1.59. The summed E-state index contributed by atoms with van der Waals surface area (Å²) in [5.41, 5.74) is 2.49. The average Bonchev–Trinajstić information content (AvgIpc) is 3.15. The van der Waals surface area contributed by atoms with Crippen LogP contribution in [0.15, 0.2) is 71.2 Å². The number of halogens is 1. The molecule has 1 aliphatic heterocycles. The molecule has 0 spiro atoms. The van der Waals surface area contributed by atoms with Crippen LogP contribution in [0.3, 0.4) is 0 Å². The Bertz CT molecular complexity index is 1230. The van der Waals surface area contributed by atoms with Crippen molar-refractivity contribution in [3.8, 4) is 17.2 Å². The highest BCUT2D eigenvalue weighted by Gasteiger charge is 2.39. The second-order valence-corrected chi connectivity index (χ2v) is 9.32. The molecule has 0 radical (unpaired) electrons. The van der Waals surface area contributed by atoms with Crippen LogP contribution in [-0.4, -0.2) is 36.7 Å². The van der Waals surface area contributed by atoms with E-state index >= 15 is 0 Å². The molecule has 2 atom stereocenters. The highest BCUT2D eigenvalue weighted by Crippen LogP contribution is 2.38. The van der Waals surface area contributed by atoms with Gasteiger partial charge in [0.05, 0.1) is 32.7 Å². The average molecular weight is 554 g/mol. The molecule has 8 heteroatoms. The summed E-state index contributed by atoms with van der Waals surface area (Å²) >= 11 is 3.53. The van der Waals surface area contributed by atoms with Crippen molar-refractivity contribution < 1.29 is 28.5 Å². The van der Waals surface area contributed by atoms with E-state index in [1.807, 2.05) is 55.5 Å². The third-order valence-corrected chi connectivity index (χ3v) is 6.48. The number of nitrogens with zero attached hydrogens (tertiary/aromatic N) is 1. The van der Waals surface area contributed by atoms with Crippen LogP contribution in [0.4, 0.5) is 4.79 Å². The molecule has 3 aromatic rings. The van der Waals surface area contributed by atoms with Crippen molar-refractivity contribution in [3.63, 3.8) is 0 Å². The number of ether oxygens (including phenoxy) is 4. The SMILES string of the molecule is CCOC(=O)Cc1ccc(OC)c(Oc2ccc(Br)cc2CN2C(=O)O[C@@H](c3ccccc3)[C@H]2C)c1. The molecule has 1 saturated heterocycles. The van der Waals surface area contributed by atoms with E-state index < -0.39 is 0 Å². The van der Waals surface area contributed by atoms with Gasteiger partial charge in [-0.25, -0.2) is 4.79 Å². The summed E-state index contributed by atoms with van der Waals surface area (Å²) in [6.07, 6.45) is -0.606. The van der Waals surface area contributed by atoms with Crippen molar-refractivity contribution in [2.45, 2.75) is 39.0 Å². The smallest absolute Gasteiger partial charge is 0.411 e. The quantitative estimate of drug-likeness (QED) is 0.284. The Kier molecular flexibility index (Phi) is 8.15. The van der Waals surface area contributed by atoms with Crippen molar-refractivity contribution in [2.75, 3.05) is 13.7 Å². The first kappa shape index (κ1) is 25.6. The van der Waals surface area contributed by atoms with Crippen LogP contribution >= 0.6 is 15.9 Å². The highest BCUT2D eigenvalue weighted by atomic mass is 79.9. The normalized spacial score (nSPS) is 17.0. The number of methoxy groups -OCH3 is 1. The lowest BCUT2D eigenvalue weighted by atomic mass is 10.0. The van der Waals surface area contributed by atoms with E-state index in [1.54, 1.807) is 37.1 Å². The third kappa shape index (κ3) is 5.82. The Morgan fingerprint density at radius 2 is 1.78 bits per heavy atom. The van der Waals surface area contributed by atoms with Gasteiger partial charge in [-0.1, -0.05) is 52.3 Å². The standard InChI is InChI=1S/C28H28BrNO6/c1-4-34-26(31)15-19-10-12-24(33-3)25(14-19)35-23-13-11-22(29)16-21(23)17-30-18(2)27(36-28(30)32)20-8-6-5-7-9-20/h5-14,16,18,27H,4,15,17H2,1-3H3/t18-,27-/m1/s1. The molecular formula is C28H28BrNO6. The molecule has 1 fully saturated rings. The molecule has 1 amide bonds. The zero-order valence-electron chi connectivity index (χ0n) is 20.4. The number of amides is 1. The van der Waals surface area contributed by atoms with E-state index in [1.165, 1.54) is 0 Å². The van der Waals surface area contributed by atoms with Gasteiger partial charge in [0.25, 0.3) is 0 Å². The minimum atomic E-state index is -0.378. The maximum absolute atomic E-state index is 12.8. The summed E-state index contributed by atoms with van der Waals surface area (Å²) in [5.74, 6) is 1.23. The minimum absolute atomic E-state index is 0.124. The fourth-order valence-electron chi connectivity index (χ4n) is 4.16. The second kappa shape index (κ2) is 11.5. The van der Waals surface area contributed by atoms with Crippen LogP contribution in [0.5, 0.6) is 17.2 Å². The zero-order valence-corrected chi connectivity index (χ0v) is 22.0. The summed E-state index contributed by atoms with van der Waals surface area (Å²) in [6, 6.07) is 20.5. The van der Waals surface area contributed by atoms with Crippen LogP contribution in [0.1, 0.15) is 36.6 Å². The molecular weight excluding hydrogens is 526 g/mol. The number of cyclic esters (lactones) is 1. The highest BCUT2D eigenvalue weighted by molar-refractivity contribution is 9.10. The molecule has 0 bridgehead atoms. The number of esters is 1. The topological polar surface area (TPSA) is 74.3 Å². The maximum Gasteiger partial charge on any atom is 0.411 e. The Morgan fingerprint density at radius 3 is 2.50 bits per heavy atom. The van der Waals surface area contributed by atoms with E-state index in [0.29, 0.717) is 30.4 Å². The van der Waals surface area contributed by atoms with Gasteiger partial charge in [0.15, 0.2) is 11.5 Å². The van der Waals surface area contributed by atoms with Gasteiger partial charge in [0.1, 0.15) is 11.9 Å². The van der Waals surface area contributed by atoms with E-state index in [4.69, 9.17) is 18.9 Å².